The molecule has 0 radical (unpaired) electrons. The lowest BCUT2D eigenvalue weighted by molar-refractivity contribution is -0.0593. The van der Waals surface area contributed by atoms with E-state index in [1.807, 2.05) is 18.2 Å². The lowest BCUT2D eigenvalue weighted by atomic mass is 9.93. The summed E-state index contributed by atoms with van der Waals surface area (Å²) in [7, 11) is 1.34. The van der Waals surface area contributed by atoms with E-state index in [0.29, 0.717) is 52.8 Å². The fraction of sp³-hybridized carbons (Fsp3) is 0.406. The third kappa shape index (κ3) is 6.08. The Hall–Kier alpha value is -4.18. The van der Waals surface area contributed by atoms with Crippen LogP contribution in [0.4, 0.5) is 4.39 Å². The summed E-state index contributed by atoms with van der Waals surface area (Å²) in [6, 6.07) is 11.9. The highest BCUT2D eigenvalue weighted by molar-refractivity contribution is 7.20. The van der Waals surface area contributed by atoms with Gasteiger partial charge in [0, 0.05) is 29.8 Å². The Labute approximate surface area is 257 Å². The van der Waals surface area contributed by atoms with Crippen molar-refractivity contribution >= 4 is 27.5 Å². The zero-order valence-corrected chi connectivity index (χ0v) is 25.4. The second-order valence-corrected chi connectivity index (χ2v) is 12.1. The number of ether oxygens (including phenoxy) is 3. The molecule has 6 rings (SSSR count). The first-order chi connectivity index (χ1) is 21.3. The molecule has 0 amide bonds. The number of methoxy groups -OCH3 is 1. The molecule has 10 nitrogen and oxygen atoms in total. The number of pyridine rings is 1. The van der Waals surface area contributed by atoms with Crippen molar-refractivity contribution in [3.8, 4) is 11.9 Å². The Balaban J connectivity index is 1.15. The molecule has 2 aliphatic rings. The first kappa shape index (κ1) is 29.9. The summed E-state index contributed by atoms with van der Waals surface area (Å²) in [4.78, 5) is 38.3. The zero-order chi connectivity index (χ0) is 30.8. The molecule has 5 heterocycles. The number of benzene rings is 1. The van der Waals surface area contributed by atoms with Gasteiger partial charge in [0.15, 0.2) is 0 Å². The molecular formula is C32H32FN5O5S. The first-order valence-electron chi connectivity index (χ1n) is 14.6. The van der Waals surface area contributed by atoms with Crippen LogP contribution in [0.1, 0.15) is 63.1 Å². The predicted octanol–water partition coefficient (Wildman–Crippen LogP) is 4.71. The van der Waals surface area contributed by atoms with Gasteiger partial charge in [0.1, 0.15) is 28.0 Å². The second kappa shape index (κ2) is 12.8. The van der Waals surface area contributed by atoms with E-state index in [0.717, 1.165) is 42.9 Å². The molecule has 0 spiro atoms. The minimum Gasteiger partial charge on any atom is -0.473 e. The second-order valence-electron chi connectivity index (χ2n) is 11.1. The van der Waals surface area contributed by atoms with Gasteiger partial charge in [-0.2, -0.15) is 10.2 Å². The van der Waals surface area contributed by atoms with Gasteiger partial charge in [0.05, 0.1) is 43.3 Å². The quantitative estimate of drug-likeness (QED) is 0.246. The van der Waals surface area contributed by atoms with Crippen molar-refractivity contribution in [2.45, 2.75) is 57.9 Å². The number of esters is 1. The summed E-state index contributed by atoms with van der Waals surface area (Å²) in [6.07, 6.45) is 2.71. The number of aromatic nitrogens is 3. The maximum Gasteiger partial charge on any atom is 0.348 e. The third-order valence-corrected chi connectivity index (χ3v) is 9.65. The Morgan fingerprint density at radius 1 is 1.20 bits per heavy atom. The Kier molecular flexibility index (Phi) is 8.70. The number of hydrogen-bond acceptors (Lipinski definition) is 10. The molecule has 0 N–H and O–H groups in total. The average Bonchev–Trinajstić information content (AvgIpc) is 3.37. The summed E-state index contributed by atoms with van der Waals surface area (Å²) >= 11 is 1.27. The van der Waals surface area contributed by atoms with E-state index in [9.17, 15) is 14.0 Å². The van der Waals surface area contributed by atoms with Crippen LogP contribution >= 0.6 is 11.3 Å². The van der Waals surface area contributed by atoms with E-state index in [4.69, 9.17) is 24.5 Å². The molecule has 0 saturated carbocycles. The number of aryl methyl sites for hydroxylation is 1. The molecule has 44 heavy (non-hydrogen) atoms. The largest absolute Gasteiger partial charge is 0.473 e. The number of halogens is 1. The summed E-state index contributed by atoms with van der Waals surface area (Å²) in [5.41, 5.74) is 1.81. The highest BCUT2D eigenvalue weighted by Gasteiger charge is 2.28. The third-order valence-electron chi connectivity index (χ3n) is 8.35. The fourth-order valence-corrected chi connectivity index (χ4v) is 6.98. The van der Waals surface area contributed by atoms with Gasteiger partial charge < -0.3 is 18.8 Å². The summed E-state index contributed by atoms with van der Waals surface area (Å²) in [5, 5.41) is 9.41. The van der Waals surface area contributed by atoms with Gasteiger partial charge in [-0.1, -0.05) is 12.1 Å². The molecule has 3 aromatic heterocycles. The van der Waals surface area contributed by atoms with Crippen LogP contribution in [0.15, 0.2) is 41.2 Å². The van der Waals surface area contributed by atoms with Crippen molar-refractivity contribution in [3.05, 3.63) is 85.7 Å². The van der Waals surface area contributed by atoms with Gasteiger partial charge in [-0.15, -0.1) is 11.3 Å². The van der Waals surface area contributed by atoms with Crippen LogP contribution < -0.4 is 10.3 Å². The number of carbonyl (C=O) groups excluding carboxylic acids is 1. The van der Waals surface area contributed by atoms with E-state index in [1.165, 1.54) is 24.5 Å². The molecule has 0 bridgehead atoms. The number of thiophene rings is 1. The van der Waals surface area contributed by atoms with Crippen molar-refractivity contribution in [2.24, 2.45) is 0 Å². The maximum absolute atomic E-state index is 14.3. The Bertz CT molecular complexity index is 1800. The van der Waals surface area contributed by atoms with E-state index in [1.54, 1.807) is 25.1 Å². The minimum absolute atomic E-state index is 0.0161. The topological polar surface area (TPSA) is 120 Å². The maximum atomic E-state index is 14.3. The minimum atomic E-state index is -0.482. The van der Waals surface area contributed by atoms with Crippen molar-refractivity contribution in [3.63, 3.8) is 0 Å². The zero-order valence-electron chi connectivity index (χ0n) is 24.5. The molecule has 0 aliphatic carbocycles. The van der Waals surface area contributed by atoms with Crippen LogP contribution in [0.3, 0.4) is 0 Å². The molecule has 1 aromatic carbocycles. The van der Waals surface area contributed by atoms with Gasteiger partial charge >= 0.3 is 5.97 Å². The number of fused-ring (bicyclic) bond motifs is 1. The number of piperidine rings is 1. The van der Waals surface area contributed by atoms with Crippen molar-refractivity contribution in [1.29, 1.82) is 5.26 Å². The first-order valence-corrected chi connectivity index (χ1v) is 15.4. The molecular weight excluding hydrogens is 585 g/mol. The lowest BCUT2D eigenvalue weighted by Gasteiger charge is -2.33. The van der Waals surface area contributed by atoms with Gasteiger partial charge in [0.2, 0.25) is 5.88 Å². The van der Waals surface area contributed by atoms with Gasteiger partial charge in [-0.25, -0.2) is 14.2 Å². The molecule has 4 aromatic rings. The van der Waals surface area contributed by atoms with E-state index in [2.05, 4.69) is 14.5 Å². The molecule has 2 saturated heterocycles. The molecule has 228 valence electrons. The normalized spacial score (nSPS) is 17.3. The molecule has 2 fully saturated rings. The van der Waals surface area contributed by atoms with Crippen LogP contribution in [0.2, 0.25) is 0 Å². The standard InChI is InChI=1S/C32H32FN5O5S/c1-19-28-30(39)36-26(38(16-23-10-13-42-23)31(28)44-29(19)32(40)41-2)17-37-11-8-21(9-12-37)25-4-3-5-27(35-25)43-18-22-7-6-20(15-34)14-24(22)33/h3-7,14,21,23H,8-13,16-18H2,1-2H3. The SMILES string of the molecule is COC(=O)c1sc2c(c1C)c(=O)nc(CN1CCC(c3cccc(OCc4ccc(C#N)cc4F)n3)CC1)n2CC1CCO1. The van der Waals surface area contributed by atoms with Crippen LogP contribution in [0.5, 0.6) is 5.88 Å². The van der Waals surface area contributed by atoms with Gasteiger partial charge in [-0.05, 0) is 63.0 Å². The number of nitriles is 1. The molecule has 2 aliphatic heterocycles. The summed E-state index contributed by atoms with van der Waals surface area (Å²) in [5.74, 6) is 0.376. The van der Waals surface area contributed by atoms with Crippen LogP contribution in [-0.4, -0.2) is 58.3 Å². The number of nitrogens with zero attached hydrogens (tertiary/aromatic N) is 5. The van der Waals surface area contributed by atoms with Gasteiger partial charge in [-0.3, -0.25) is 9.69 Å². The predicted molar refractivity (Wildman–Crippen MR) is 161 cm³/mol. The number of carbonyl (C=O) groups is 1. The van der Waals surface area contributed by atoms with E-state index in [-0.39, 0.29) is 29.8 Å². The van der Waals surface area contributed by atoms with Crippen molar-refractivity contribution in [2.75, 3.05) is 26.8 Å². The monoisotopic (exact) mass is 617 g/mol. The smallest absolute Gasteiger partial charge is 0.348 e. The molecule has 1 atom stereocenters. The Morgan fingerprint density at radius 2 is 2.00 bits per heavy atom. The van der Waals surface area contributed by atoms with Crippen LogP contribution in [-0.2, 0) is 29.2 Å². The fourth-order valence-electron chi connectivity index (χ4n) is 5.73. The van der Waals surface area contributed by atoms with Gasteiger partial charge in [0.25, 0.3) is 5.56 Å². The highest BCUT2D eigenvalue weighted by atomic mass is 32.1. The number of likely N-dealkylation sites (tertiary alicyclic amines) is 1. The molecule has 12 heteroatoms. The average molecular weight is 618 g/mol. The number of rotatable bonds is 9. The molecule has 1 unspecified atom stereocenters. The summed E-state index contributed by atoms with van der Waals surface area (Å²) in [6.45, 7) is 5.15. The van der Waals surface area contributed by atoms with Crippen LogP contribution in [0, 0.1) is 24.1 Å². The Morgan fingerprint density at radius 3 is 2.68 bits per heavy atom. The van der Waals surface area contributed by atoms with E-state index < -0.39 is 11.8 Å². The lowest BCUT2D eigenvalue weighted by Crippen LogP contribution is -2.37. The van der Waals surface area contributed by atoms with E-state index >= 15 is 0 Å². The highest BCUT2D eigenvalue weighted by Crippen LogP contribution is 2.32. The van der Waals surface area contributed by atoms with Crippen molar-refractivity contribution < 1.29 is 23.4 Å². The number of hydrogen-bond donors (Lipinski definition) is 0. The van der Waals surface area contributed by atoms with Crippen LogP contribution in [0.25, 0.3) is 10.2 Å². The van der Waals surface area contributed by atoms with Crippen molar-refractivity contribution in [1.82, 2.24) is 19.4 Å². The summed E-state index contributed by atoms with van der Waals surface area (Å²) < 4.78 is 32.8.